The number of nitrogens with zero attached hydrogens (tertiary/aromatic N) is 2. The smallest absolute Gasteiger partial charge is 0.0739 e. The van der Waals surface area contributed by atoms with Crippen LogP contribution < -0.4 is 0 Å². The second-order valence-corrected chi connectivity index (χ2v) is 11.0. The molecule has 5 heterocycles. The van der Waals surface area contributed by atoms with Gasteiger partial charge in [0.15, 0.2) is 0 Å². The molecule has 0 atom stereocenters. The lowest BCUT2D eigenvalue weighted by atomic mass is 9.98. The van der Waals surface area contributed by atoms with Crippen LogP contribution in [0.4, 0.5) is 0 Å². The van der Waals surface area contributed by atoms with E-state index in [-0.39, 0.29) is 0 Å². The Balaban J connectivity index is 1.70. The maximum atomic E-state index is 5.26. The average Bonchev–Trinajstić information content (AvgIpc) is 3.67. The van der Waals surface area contributed by atoms with Gasteiger partial charge in [-0.3, -0.25) is 0 Å². The summed E-state index contributed by atoms with van der Waals surface area (Å²) in [7, 11) is 0. The van der Waals surface area contributed by atoms with Crippen LogP contribution in [0.1, 0.15) is 72.0 Å². The van der Waals surface area contributed by atoms with Gasteiger partial charge in [-0.15, -0.1) is 0 Å². The van der Waals surface area contributed by atoms with Crippen LogP contribution in [0.25, 0.3) is 55.7 Å². The van der Waals surface area contributed by atoms with Crippen LogP contribution in [0.3, 0.4) is 0 Å². The Kier molecular flexibility index (Phi) is 5.07. The SMILES string of the molecule is CCc1c(C)c2cc3[nH]c(c4c5nc(cc6nc(cc1[nH]2)-c1c(C)cccc1-6)C(C)=C5CC4)c(CC)c3C. The molecule has 0 amide bonds. The predicted molar refractivity (Wildman–Crippen MR) is 159 cm³/mol. The van der Waals surface area contributed by atoms with Crippen molar-refractivity contribution >= 4 is 33.2 Å². The van der Waals surface area contributed by atoms with Gasteiger partial charge in [-0.1, -0.05) is 32.0 Å². The molecule has 2 N–H and O–H groups in total. The molecule has 190 valence electrons. The maximum absolute atomic E-state index is 5.26. The largest absolute Gasteiger partial charge is 0.355 e. The van der Waals surface area contributed by atoms with E-state index in [0.29, 0.717) is 0 Å². The minimum Gasteiger partial charge on any atom is -0.355 e. The van der Waals surface area contributed by atoms with E-state index < -0.39 is 0 Å². The molecular formula is C34H34N4. The highest BCUT2D eigenvalue weighted by molar-refractivity contribution is 5.97. The Labute approximate surface area is 223 Å². The van der Waals surface area contributed by atoms with Crippen molar-refractivity contribution in [2.75, 3.05) is 0 Å². The number of aromatic nitrogens is 4. The topological polar surface area (TPSA) is 57.4 Å². The normalized spacial score (nSPS) is 13.9. The van der Waals surface area contributed by atoms with Crippen molar-refractivity contribution in [2.45, 2.75) is 67.2 Å². The second-order valence-electron chi connectivity index (χ2n) is 11.0. The van der Waals surface area contributed by atoms with Gasteiger partial charge in [-0.2, -0.15) is 0 Å². The van der Waals surface area contributed by atoms with Gasteiger partial charge >= 0.3 is 0 Å². The molecule has 0 unspecified atom stereocenters. The third-order valence-electron chi connectivity index (χ3n) is 9.03. The summed E-state index contributed by atoms with van der Waals surface area (Å²) in [5.74, 6) is 0. The number of rotatable bonds is 2. The van der Waals surface area contributed by atoms with Gasteiger partial charge in [0.05, 0.1) is 22.8 Å². The van der Waals surface area contributed by atoms with Crippen molar-refractivity contribution in [3.63, 3.8) is 0 Å². The number of aromatic amines is 2. The molecule has 1 aromatic carbocycles. The number of fused-ring (bicyclic) bond motifs is 11. The molecule has 38 heavy (non-hydrogen) atoms. The van der Waals surface area contributed by atoms with Crippen molar-refractivity contribution in [1.29, 1.82) is 0 Å². The summed E-state index contributed by atoms with van der Waals surface area (Å²) in [5, 5.41) is 0. The van der Waals surface area contributed by atoms with E-state index in [1.807, 2.05) is 0 Å². The quantitative estimate of drug-likeness (QED) is 0.256. The van der Waals surface area contributed by atoms with Crippen LogP contribution in [-0.2, 0) is 19.3 Å². The molecule has 3 aromatic heterocycles. The molecule has 7 rings (SSSR count). The molecule has 3 aliphatic rings. The van der Waals surface area contributed by atoms with E-state index in [2.05, 4.69) is 87.9 Å². The minimum absolute atomic E-state index is 0.966. The Morgan fingerprint density at radius 3 is 2.29 bits per heavy atom. The summed E-state index contributed by atoms with van der Waals surface area (Å²) in [6.07, 6.45) is 4.04. The molecule has 4 nitrogen and oxygen atoms in total. The van der Waals surface area contributed by atoms with Crippen molar-refractivity contribution < 1.29 is 0 Å². The molecule has 2 aliphatic heterocycles. The van der Waals surface area contributed by atoms with E-state index >= 15 is 0 Å². The molecule has 4 heteroatoms. The summed E-state index contributed by atoms with van der Waals surface area (Å²) >= 11 is 0. The summed E-state index contributed by atoms with van der Waals surface area (Å²) < 4.78 is 0. The second kappa shape index (κ2) is 8.29. The molecule has 8 bridgehead atoms. The number of H-pyrrole nitrogens is 2. The summed E-state index contributed by atoms with van der Waals surface area (Å²) in [6, 6.07) is 13.3. The Bertz CT molecular complexity index is 1880. The molecule has 0 radical (unpaired) electrons. The standard InChI is InChI=1S/C34H34N4/c1-7-21-18(4)26-14-27-19(5)22(8-2)33(37-27)25-13-12-23-20(6)28(38-34(23)25)15-30-24-11-9-10-17(3)32(24)31(36-30)16-29(21)35-26/h9-11,14-16,35,37H,7-8,12-13H2,1-6H3. The first kappa shape index (κ1) is 23.2. The van der Waals surface area contributed by atoms with E-state index in [4.69, 9.17) is 9.97 Å². The Hall–Kier alpha value is -3.92. The number of benzene rings is 1. The number of nitrogens with one attached hydrogen (secondary N) is 2. The fraction of sp³-hybridized carbons (Fsp3) is 0.294. The van der Waals surface area contributed by atoms with Crippen LogP contribution in [-0.4, -0.2) is 19.9 Å². The maximum Gasteiger partial charge on any atom is 0.0739 e. The van der Waals surface area contributed by atoms with Crippen molar-refractivity contribution in [3.05, 3.63) is 81.2 Å². The molecule has 0 saturated carbocycles. The van der Waals surface area contributed by atoms with Crippen LogP contribution in [0, 0.1) is 20.8 Å². The molecule has 0 spiro atoms. The van der Waals surface area contributed by atoms with Crippen LogP contribution in [0.15, 0.2) is 36.4 Å². The van der Waals surface area contributed by atoms with Gasteiger partial charge in [0, 0.05) is 38.8 Å². The van der Waals surface area contributed by atoms with Gasteiger partial charge in [0.1, 0.15) is 0 Å². The number of aryl methyl sites for hydroxylation is 6. The molecule has 4 aromatic rings. The third-order valence-corrected chi connectivity index (χ3v) is 9.03. The predicted octanol–water partition coefficient (Wildman–Crippen LogP) is 8.58. The molecule has 1 aliphatic carbocycles. The highest BCUT2D eigenvalue weighted by Gasteiger charge is 2.28. The van der Waals surface area contributed by atoms with E-state index in [1.165, 1.54) is 77.9 Å². The number of allylic oxidation sites excluding steroid dienone is 2. The minimum atomic E-state index is 0.966. The van der Waals surface area contributed by atoms with Crippen molar-refractivity contribution in [3.8, 4) is 22.5 Å². The van der Waals surface area contributed by atoms with Gasteiger partial charge < -0.3 is 9.97 Å². The average molecular weight is 499 g/mol. The highest BCUT2D eigenvalue weighted by Crippen LogP contribution is 2.44. The molecular weight excluding hydrogens is 464 g/mol. The third kappa shape index (κ3) is 3.16. The summed E-state index contributed by atoms with van der Waals surface area (Å²) in [6.45, 7) is 13.4. The zero-order valence-electron chi connectivity index (χ0n) is 23.2. The first-order valence-corrected chi connectivity index (χ1v) is 13.9. The van der Waals surface area contributed by atoms with Crippen LogP contribution in [0.5, 0.6) is 0 Å². The fourth-order valence-electron chi connectivity index (χ4n) is 6.90. The van der Waals surface area contributed by atoms with Crippen LogP contribution in [0.2, 0.25) is 0 Å². The highest BCUT2D eigenvalue weighted by atomic mass is 14.8. The first-order chi connectivity index (χ1) is 18.4. The summed E-state index contributed by atoms with van der Waals surface area (Å²) in [4.78, 5) is 18.1. The lowest BCUT2D eigenvalue weighted by Gasteiger charge is -2.03. The monoisotopic (exact) mass is 498 g/mol. The molecule has 0 saturated heterocycles. The lowest BCUT2D eigenvalue weighted by Crippen LogP contribution is -1.88. The van der Waals surface area contributed by atoms with Gasteiger partial charge in [0.2, 0.25) is 0 Å². The number of hydrogen-bond acceptors (Lipinski definition) is 2. The fourth-order valence-corrected chi connectivity index (χ4v) is 6.90. The van der Waals surface area contributed by atoms with E-state index in [0.717, 1.165) is 48.3 Å². The summed E-state index contributed by atoms with van der Waals surface area (Å²) in [5.41, 5.74) is 22.1. The van der Waals surface area contributed by atoms with Crippen molar-refractivity contribution in [1.82, 2.24) is 19.9 Å². The molecule has 0 fully saturated rings. The zero-order chi connectivity index (χ0) is 26.3. The van der Waals surface area contributed by atoms with E-state index in [1.54, 1.807) is 0 Å². The Morgan fingerprint density at radius 2 is 1.50 bits per heavy atom. The van der Waals surface area contributed by atoms with E-state index in [9.17, 15) is 0 Å². The van der Waals surface area contributed by atoms with Crippen molar-refractivity contribution in [2.24, 2.45) is 0 Å². The lowest BCUT2D eigenvalue weighted by molar-refractivity contribution is 1.07. The van der Waals surface area contributed by atoms with Gasteiger partial charge in [-0.25, -0.2) is 9.97 Å². The first-order valence-electron chi connectivity index (χ1n) is 13.9. The number of hydrogen-bond donors (Lipinski definition) is 2. The Morgan fingerprint density at radius 1 is 0.737 bits per heavy atom. The zero-order valence-corrected chi connectivity index (χ0v) is 23.2. The van der Waals surface area contributed by atoms with Crippen LogP contribution >= 0.6 is 0 Å². The van der Waals surface area contributed by atoms with Gasteiger partial charge in [0.25, 0.3) is 0 Å². The van der Waals surface area contributed by atoms with Gasteiger partial charge in [-0.05, 0) is 111 Å².